The zero-order valence-electron chi connectivity index (χ0n) is 9.99. The van der Waals surface area contributed by atoms with Gasteiger partial charge in [0.1, 0.15) is 0 Å². The van der Waals surface area contributed by atoms with Crippen molar-refractivity contribution in [3.8, 4) is 0 Å². The maximum atomic E-state index is 11.8. The molecule has 1 aromatic rings. The van der Waals surface area contributed by atoms with Gasteiger partial charge in [-0.3, -0.25) is 4.79 Å². The molecule has 0 unspecified atom stereocenters. The fourth-order valence-electron chi connectivity index (χ4n) is 1.22. The third-order valence-electron chi connectivity index (χ3n) is 2.24. The minimum atomic E-state index is -1.72. The van der Waals surface area contributed by atoms with Crippen molar-refractivity contribution < 1.29 is 14.8 Å². The highest BCUT2D eigenvalue weighted by molar-refractivity contribution is 6.64. The van der Waals surface area contributed by atoms with Crippen molar-refractivity contribution >= 4 is 35.8 Å². The lowest BCUT2D eigenvalue weighted by Crippen LogP contribution is -2.36. The molecule has 0 radical (unpaired) electrons. The molecule has 0 fully saturated rings. The second-order valence-electron chi connectivity index (χ2n) is 4.78. The highest BCUT2D eigenvalue weighted by Gasteiger charge is 2.25. The van der Waals surface area contributed by atoms with E-state index >= 15 is 0 Å². The smallest absolute Gasteiger partial charge is 0.423 e. The lowest BCUT2D eigenvalue weighted by molar-refractivity contribution is -0.123. The van der Waals surface area contributed by atoms with Crippen LogP contribution < -0.4 is 10.8 Å². The molecule has 0 atom stereocenters. The van der Waals surface area contributed by atoms with Crippen LogP contribution in [0, 0.1) is 5.41 Å². The van der Waals surface area contributed by atoms with Crippen molar-refractivity contribution in [1.29, 1.82) is 0 Å². The lowest BCUT2D eigenvalue weighted by atomic mass is 9.78. The molecular weight excluding hydrogens is 240 g/mol. The van der Waals surface area contributed by atoms with Crippen LogP contribution in [0.3, 0.4) is 0 Å². The third kappa shape index (κ3) is 3.46. The van der Waals surface area contributed by atoms with Crippen molar-refractivity contribution in [2.24, 2.45) is 5.41 Å². The molecule has 1 aromatic carbocycles. The summed E-state index contributed by atoms with van der Waals surface area (Å²) < 4.78 is 0. The van der Waals surface area contributed by atoms with E-state index in [2.05, 4.69) is 5.32 Å². The van der Waals surface area contributed by atoms with Gasteiger partial charge in [0.2, 0.25) is 5.91 Å². The van der Waals surface area contributed by atoms with Gasteiger partial charge in [-0.15, -0.1) is 0 Å². The predicted octanol–water partition coefficient (Wildman–Crippen LogP) is 1.00. The Bertz CT molecular complexity index is 429. The Labute approximate surface area is 106 Å². The first-order chi connectivity index (χ1) is 7.73. The third-order valence-corrected chi connectivity index (χ3v) is 2.57. The van der Waals surface area contributed by atoms with Crippen LogP contribution in [0.4, 0.5) is 5.69 Å². The van der Waals surface area contributed by atoms with E-state index in [-0.39, 0.29) is 16.4 Å². The molecule has 3 N–H and O–H groups in total. The summed E-state index contributed by atoms with van der Waals surface area (Å²) in [4.78, 5) is 11.8. The monoisotopic (exact) mass is 255 g/mol. The van der Waals surface area contributed by atoms with E-state index in [1.807, 2.05) is 0 Å². The number of hydrogen-bond donors (Lipinski definition) is 3. The van der Waals surface area contributed by atoms with Gasteiger partial charge in [-0.05, 0) is 12.1 Å². The quantitative estimate of drug-likeness (QED) is 0.691. The van der Waals surface area contributed by atoms with E-state index in [1.54, 1.807) is 32.9 Å². The highest BCUT2D eigenvalue weighted by Crippen LogP contribution is 2.18. The molecule has 0 bridgehead atoms. The number of hydrogen-bond acceptors (Lipinski definition) is 3. The Morgan fingerprint density at radius 2 is 1.94 bits per heavy atom. The summed E-state index contributed by atoms with van der Waals surface area (Å²) >= 11 is 5.85. The zero-order valence-corrected chi connectivity index (χ0v) is 10.7. The summed E-state index contributed by atoms with van der Waals surface area (Å²) in [7, 11) is -1.72. The number of carbonyl (C=O) groups excluding carboxylic acids is 1. The Morgan fingerprint density at radius 1 is 1.35 bits per heavy atom. The van der Waals surface area contributed by atoms with Gasteiger partial charge in [-0.1, -0.05) is 38.4 Å². The van der Waals surface area contributed by atoms with Gasteiger partial charge in [0.05, 0.1) is 0 Å². The predicted molar refractivity (Wildman–Crippen MR) is 69.4 cm³/mol. The first-order valence-electron chi connectivity index (χ1n) is 5.19. The van der Waals surface area contributed by atoms with Crippen LogP contribution >= 0.6 is 11.6 Å². The van der Waals surface area contributed by atoms with E-state index < -0.39 is 12.5 Å². The average molecular weight is 256 g/mol. The van der Waals surface area contributed by atoms with Gasteiger partial charge < -0.3 is 15.4 Å². The molecule has 92 valence electrons. The van der Waals surface area contributed by atoms with Crippen molar-refractivity contribution in [3.63, 3.8) is 0 Å². The van der Waals surface area contributed by atoms with Crippen molar-refractivity contribution in [3.05, 3.63) is 23.2 Å². The van der Waals surface area contributed by atoms with E-state index in [4.69, 9.17) is 11.6 Å². The Balaban J connectivity index is 3.07. The van der Waals surface area contributed by atoms with Crippen LogP contribution in [-0.4, -0.2) is 23.1 Å². The highest BCUT2D eigenvalue weighted by atomic mass is 35.5. The van der Waals surface area contributed by atoms with Crippen LogP contribution in [0.2, 0.25) is 5.02 Å². The second-order valence-corrected chi connectivity index (χ2v) is 5.19. The molecule has 1 amide bonds. The molecule has 17 heavy (non-hydrogen) atoms. The molecule has 0 aliphatic carbocycles. The summed E-state index contributed by atoms with van der Waals surface area (Å²) in [6.45, 7) is 5.30. The molecule has 0 aliphatic heterocycles. The number of amides is 1. The van der Waals surface area contributed by atoms with Gasteiger partial charge in [0.15, 0.2) is 0 Å². The van der Waals surface area contributed by atoms with Gasteiger partial charge >= 0.3 is 7.12 Å². The largest absolute Gasteiger partial charge is 0.492 e. The Kier molecular flexibility index (Phi) is 4.19. The van der Waals surface area contributed by atoms with E-state index in [0.29, 0.717) is 5.69 Å². The van der Waals surface area contributed by atoms with Crippen LogP contribution in [0.5, 0.6) is 0 Å². The number of carbonyl (C=O) groups is 1. The normalized spacial score (nSPS) is 11.2. The molecular formula is C11H15BClNO3. The molecule has 1 rings (SSSR count). The van der Waals surface area contributed by atoms with Crippen molar-refractivity contribution in [2.75, 3.05) is 5.32 Å². The maximum Gasteiger partial charge on any atom is 0.492 e. The van der Waals surface area contributed by atoms with Crippen LogP contribution in [0.1, 0.15) is 20.8 Å². The summed E-state index contributed by atoms with van der Waals surface area (Å²) in [6, 6.07) is 4.74. The molecule has 6 heteroatoms. The van der Waals surface area contributed by atoms with Gasteiger partial charge in [-0.2, -0.15) is 0 Å². The molecule has 0 heterocycles. The van der Waals surface area contributed by atoms with Crippen molar-refractivity contribution in [1.82, 2.24) is 0 Å². The summed E-state index contributed by atoms with van der Waals surface area (Å²) in [5.41, 5.74) is -0.154. The van der Waals surface area contributed by atoms with Crippen LogP contribution in [0.15, 0.2) is 18.2 Å². The van der Waals surface area contributed by atoms with Gasteiger partial charge in [-0.25, -0.2) is 0 Å². The number of rotatable bonds is 2. The molecule has 0 saturated heterocycles. The van der Waals surface area contributed by atoms with Gasteiger partial charge in [0.25, 0.3) is 0 Å². The molecule has 0 spiro atoms. The van der Waals surface area contributed by atoms with Gasteiger partial charge in [0, 0.05) is 21.6 Å². The fraction of sp³-hybridized carbons (Fsp3) is 0.364. The Morgan fingerprint density at radius 3 is 2.41 bits per heavy atom. The summed E-state index contributed by atoms with van der Waals surface area (Å²) in [5, 5.41) is 21.3. The lowest BCUT2D eigenvalue weighted by Gasteiger charge is -2.19. The summed E-state index contributed by atoms with van der Waals surface area (Å²) in [6.07, 6.45) is 0. The molecule has 4 nitrogen and oxygen atoms in total. The van der Waals surface area contributed by atoms with E-state index in [1.165, 1.54) is 6.07 Å². The van der Waals surface area contributed by atoms with Crippen molar-refractivity contribution in [2.45, 2.75) is 20.8 Å². The Hall–Kier alpha value is -1.04. The minimum absolute atomic E-state index is 0.103. The average Bonchev–Trinajstić information content (AvgIpc) is 2.15. The first kappa shape index (κ1) is 14.0. The number of nitrogens with one attached hydrogen (secondary N) is 1. The maximum absolute atomic E-state index is 11.8. The van der Waals surface area contributed by atoms with Crippen LogP contribution in [-0.2, 0) is 4.79 Å². The first-order valence-corrected chi connectivity index (χ1v) is 5.57. The van der Waals surface area contributed by atoms with E-state index in [9.17, 15) is 14.8 Å². The topological polar surface area (TPSA) is 69.6 Å². The van der Waals surface area contributed by atoms with Crippen LogP contribution in [0.25, 0.3) is 0 Å². The second kappa shape index (κ2) is 5.08. The van der Waals surface area contributed by atoms with E-state index in [0.717, 1.165) is 0 Å². The standard InChI is InChI=1S/C11H15BClNO3/c1-11(2,3)10(15)14-8-6-4-5-7(13)9(8)12(16)17/h4-6,16-17H,1-3H3,(H,14,15). The molecule has 0 aliphatic rings. The summed E-state index contributed by atoms with van der Waals surface area (Å²) in [5.74, 6) is -0.221. The minimum Gasteiger partial charge on any atom is -0.423 e. The fourth-order valence-corrected chi connectivity index (χ4v) is 1.49. The number of benzene rings is 1. The molecule has 0 aromatic heterocycles. The molecule has 0 saturated carbocycles. The number of anilines is 1. The SMILES string of the molecule is CC(C)(C)C(=O)Nc1cccc(Cl)c1B(O)O. The number of halogens is 1. The zero-order chi connectivity index (χ0) is 13.2.